The van der Waals surface area contributed by atoms with Gasteiger partial charge in [0.25, 0.3) is 0 Å². The quantitative estimate of drug-likeness (QED) is 0.127. The van der Waals surface area contributed by atoms with Crippen LogP contribution < -0.4 is 15.3 Å². The van der Waals surface area contributed by atoms with Crippen molar-refractivity contribution >= 4 is 70.1 Å². The molecule has 0 amide bonds. The fraction of sp³-hybridized carbons (Fsp3) is 0.667. The van der Waals surface area contributed by atoms with Gasteiger partial charge in [-0.05, 0) is 0 Å². The Morgan fingerprint density at radius 2 is 0.720 bits per heavy atom. The number of halogens is 3. The van der Waals surface area contributed by atoms with E-state index in [9.17, 15) is 29.7 Å². The molecule has 0 aliphatic carbocycles. The molecule has 0 rings (SSSR count). The topological polar surface area (TPSA) is 242 Å². The van der Waals surface area contributed by atoms with Gasteiger partial charge in [-0.2, -0.15) is 0 Å². The van der Waals surface area contributed by atoms with Crippen molar-refractivity contribution in [2.75, 3.05) is 17.6 Å². The van der Waals surface area contributed by atoms with Crippen LogP contribution in [0.3, 0.4) is 0 Å². The van der Waals surface area contributed by atoms with Crippen molar-refractivity contribution in [3.8, 4) is 0 Å². The first-order valence-corrected chi connectivity index (χ1v) is 6.78. The number of carboxylic acid groups (broad SMARTS) is 3. The molecule has 0 fully saturated rings. The molecule has 12 nitrogen and oxygen atoms in total. The number of hydrogen-bond acceptors (Lipinski definition) is 12. The molecule has 6 N–H and O–H groups in total. The van der Waals surface area contributed by atoms with Gasteiger partial charge >= 0.3 is 17.4 Å². The first-order valence-electron chi connectivity index (χ1n) is 5.18. The third-order valence-corrected chi connectivity index (χ3v) is 2.66. The standard InChI is InChI=1S/3C3H5ClO4.Al/c3*4-1-3(7,8)2(5)6;/h3*7-8H,1H2,(H,5,6);/q;;;+3/p-3. The number of carboxylic acids is 3. The molecule has 0 saturated carbocycles. The van der Waals surface area contributed by atoms with E-state index in [1.807, 2.05) is 0 Å². The predicted octanol–water partition coefficient (Wildman–Crippen LogP) is -7.41. The maximum Gasteiger partial charge on any atom is 3.00 e. The summed E-state index contributed by atoms with van der Waals surface area (Å²) in [6.07, 6.45) is 0. The Hall–Kier alpha value is -0.428. The summed E-state index contributed by atoms with van der Waals surface area (Å²) >= 11 is 14.3. The minimum Gasteiger partial charge on any atom is -0.544 e. The first kappa shape index (κ1) is 32.3. The molecule has 16 heteroatoms. The van der Waals surface area contributed by atoms with Crippen LogP contribution >= 0.6 is 34.8 Å². The molecule has 0 aromatic heterocycles. The average molecular weight is 446 g/mol. The second kappa shape index (κ2) is 13.7. The van der Waals surface area contributed by atoms with E-state index in [-0.39, 0.29) is 17.4 Å². The number of hydrogen-bond donors (Lipinski definition) is 6. The maximum atomic E-state index is 9.56. The van der Waals surface area contributed by atoms with Crippen LogP contribution in [0.25, 0.3) is 0 Å². The second-order valence-electron chi connectivity index (χ2n) is 3.71. The number of rotatable bonds is 6. The van der Waals surface area contributed by atoms with Gasteiger partial charge in [-0.3, -0.25) is 0 Å². The summed E-state index contributed by atoms with van der Waals surface area (Å²) in [7, 11) is 0. The fourth-order valence-electron chi connectivity index (χ4n) is 0.164. The van der Waals surface area contributed by atoms with Crippen molar-refractivity contribution in [2.24, 2.45) is 0 Å². The molecular weight excluding hydrogens is 433 g/mol. The third-order valence-electron chi connectivity index (χ3n) is 1.54. The summed E-state index contributed by atoms with van der Waals surface area (Å²) in [6, 6.07) is 0. The smallest absolute Gasteiger partial charge is 0.544 e. The van der Waals surface area contributed by atoms with Crippen LogP contribution in [-0.4, -0.2) is 101 Å². The predicted molar refractivity (Wildman–Crippen MR) is 74.4 cm³/mol. The van der Waals surface area contributed by atoms with Gasteiger partial charge in [0.05, 0.1) is 17.6 Å². The van der Waals surface area contributed by atoms with E-state index in [0.29, 0.717) is 0 Å². The minimum absolute atomic E-state index is 0. The summed E-state index contributed by atoms with van der Waals surface area (Å²) in [5, 5.41) is 77.6. The van der Waals surface area contributed by atoms with Crippen molar-refractivity contribution in [3.63, 3.8) is 0 Å². The Balaban J connectivity index is -0.000000130. The molecule has 0 atom stereocenters. The number of aliphatic hydroxyl groups is 6. The molecule has 0 unspecified atom stereocenters. The van der Waals surface area contributed by atoms with Gasteiger partial charge in [0.2, 0.25) is 17.4 Å². The summed E-state index contributed by atoms with van der Waals surface area (Å²) in [5.41, 5.74) is 0. The normalized spacial score (nSPS) is 10.9. The largest absolute Gasteiger partial charge is 3.00 e. The Kier molecular flexibility index (Phi) is 17.7. The molecule has 0 saturated heterocycles. The average Bonchev–Trinajstić information content (AvgIpc) is 2.47. The number of carbonyl (C=O) groups excluding carboxylic acids is 3. The van der Waals surface area contributed by atoms with Gasteiger partial charge in [0.15, 0.2) is 0 Å². The Labute approximate surface area is 165 Å². The van der Waals surface area contributed by atoms with Gasteiger partial charge in [-0.15, -0.1) is 34.8 Å². The van der Waals surface area contributed by atoms with Gasteiger partial charge in [0.1, 0.15) is 17.9 Å². The van der Waals surface area contributed by atoms with Crippen molar-refractivity contribution in [1.82, 2.24) is 0 Å². The van der Waals surface area contributed by atoms with Crippen LogP contribution in [0.2, 0.25) is 0 Å². The van der Waals surface area contributed by atoms with Gasteiger partial charge < -0.3 is 60.3 Å². The van der Waals surface area contributed by atoms with E-state index in [4.69, 9.17) is 65.4 Å². The molecule has 25 heavy (non-hydrogen) atoms. The molecule has 144 valence electrons. The van der Waals surface area contributed by atoms with Gasteiger partial charge in [0, 0.05) is 0 Å². The van der Waals surface area contributed by atoms with Crippen LogP contribution in [0.15, 0.2) is 0 Å². The van der Waals surface area contributed by atoms with Crippen molar-refractivity contribution < 1.29 is 60.3 Å². The monoisotopic (exact) mass is 444 g/mol. The van der Waals surface area contributed by atoms with Crippen molar-refractivity contribution in [3.05, 3.63) is 0 Å². The SMILES string of the molecule is O=C([O-])C(O)(O)CCl.O=C([O-])C(O)(O)CCl.O=C([O-])C(O)(O)CCl.[Al+3]. The van der Waals surface area contributed by atoms with Crippen LogP contribution in [0.5, 0.6) is 0 Å². The summed E-state index contributed by atoms with van der Waals surface area (Å²) in [4.78, 5) is 28.7. The van der Waals surface area contributed by atoms with Crippen LogP contribution in [-0.2, 0) is 14.4 Å². The maximum absolute atomic E-state index is 9.56. The molecule has 0 heterocycles. The Morgan fingerprint density at radius 3 is 0.720 bits per heavy atom. The van der Waals surface area contributed by atoms with Gasteiger partial charge in [-0.25, -0.2) is 0 Å². The van der Waals surface area contributed by atoms with Gasteiger partial charge in [-0.1, -0.05) is 0 Å². The molecule has 0 aromatic rings. The zero-order valence-electron chi connectivity index (χ0n) is 12.0. The molecule has 0 aliphatic heterocycles. The molecule has 0 radical (unpaired) electrons. The van der Waals surface area contributed by atoms with Crippen molar-refractivity contribution in [1.29, 1.82) is 0 Å². The molecule has 0 aromatic carbocycles. The fourth-order valence-corrected chi connectivity index (χ4v) is 0.491. The number of carbonyl (C=O) groups is 3. The number of alkyl halides is 3. The molecule has 0 bridgehead atoms. The second-order valence-corrected chi connectivity index (χ2v) is 4.51. The third kappa shape index (κ3) is 15.5. The van der Waals surface area contributed by atoms with E-state index in [1.165, 1.54) is 0 Å². The minimum atomic E-state index is -2.89. The van der Waals surface area contributed by atoms with Crippen LogP contribution in [0.4, 0.5) is 0 Å². The van der Waals surface area contributed by atoms with Crippen LogP contribution in [0, 0.1) is 0 Å². The zero-order valence-corrected chi connectivity index (χ0v) is 15.4. The molecule has 0 spiro atoms. The summed E-state index contributed by atoms with van der Waals surface area (Å²) < 4.78 is 0. The van der Waals surface area contributed by atoms with Crippen LogP contribution in [0.1, 0.15) is 0 Å². The zero-order chi connectivity index (χ0) is 20.4. The Bertz CT molecular complexity index is 366. The molecule has 0 aliphatic rings. The van der Waals surface area contributed by atoms with E-state index in [0.717, 1.165) is 0 Å². The van der Waals surface area contributed by atoms with E-state index in [2.05, 4.69) is 0 Å². The van der Waals surface area contributed by atoms with E-state index in [1.54, 1.807) is 0 Å². The van der Waals surface area contributed by atoms with Crippen molar-refractivity contribution in [2.45, 2.75) is 17.4 Å². The Morgan fingerprint density at radius 1 is 0.600 bits per heavy atom. The first-order chi connectivity index (χ1) is 10.5. The van der Waals surface area contributed by atoms with E-state index >= 15 is 0 Å². The molecular formula is C9H12AlCl3O12. The van der Waals surface area contributed by atoms with E-state index < -0.39 is 52.9 Å². The summed E-state index contributed by atoms with van der Waals surface area (Å²) in [6.45, 7) is 0. The number of aliphatic carboxylic acids is 3. The summed E-state index contributed by atoms with van der Waals surface area (Å²) in [5.74, 6) is -17.0.